The van der Waals surface area contributed by atoms with Gasteiger partial charge < -0.3 is 33.2 Å². The van der Waals surface area contributed by atoms with E-state index in [9.17, 15) is 28.8 Å². The zero-order valence-corrected chi connectivity index (χ0v) is 47.0. The Balaban J connectivity index is 2.36. The van der Waals surface area contributed by atoms with Crippen LogP contribution in [0.2, 0.25) is 0 Å². The van der Waals surface area contributed by atoms with Gasteiger partial charge >= 0.3 is 36.6 Å². The van der Waals surface area contributed by atoms with Crippen molar-refractivity contribution in [2.45, 2.75) is 203 Å². The highest BCUT2D eigenvalue weighted by Gasteiger charge is 2.36. The number of unbranched alkanes of at least 4 members (excludes halogenated alkanes) is 4. The number of alkyl carbamates (subject to hydrolysis) is 2. The van der Waals surface area contributed by atoms with E-state index in [2.05, 4.69) is 25.6 Å². The van der Waals surface area contributed by atoms with Crippen LogP contribution in [0, 0.1) is 0 Å². The Kier molecular flexibility index (Phi) is 23.6. The number of carbonyl (C=O) groups excluding carboxylic acids is 6. The highest BCUT2D eigenvalue weighted by molar-refractivity contribution is 6.07. The van der Waals surface area contributed by atoms with Gasteiger partial charge in [-0.05, 0) is 149 Å². The van der Waals surface area contributed by atoms with E-state index in [1.807, 2.05) is 45.0 Å². The maximum absolute atomic E-state index is 14.2. The van der Waals surface area contributed by atoms with Gasteiger partial charge in [0.2, 0.25) is 11.9 Å². The minimum atomic E-state index is -1.05. The van der Waals surface area contributed by atoms with Crippen molar-refractivity contribution in [1.82, 2.24) is 25.3 Å². The fraction of sp³-hybridized carbons (Fsp3) is 0.712. The molecule has 0 spiro atoms. The number of rotatable bonds is 14. The number of aliphatic imine (C=N–C) groups is 3. The summed E-state index contributed by atoms with van der Waals surface area (Å²) in [6.07, 6.45) is -1.29. The Morgan fingerprint density at radius 1 is 0.589 bits per heavy atom. The maximum Gasteiger partial charge on any atom is 0.437 e. The molecule has 73 heavy (non-hydrogen) atoms. The van der Waals surface area contributed by atoms with Crippen molar-refractivity contribution in [2.24, 2.45) is 15.0 Å². The van der Waals surface area contributed by atoms with Gasteiger partial charge in [-0.25, -0.2) is 38.6 Å². The van der Waals surface area contributed by atoms with Gasteiger partial charge in [0.05, 0.1) is 19.8 Å². The first kappa shape index (κ1) is 63.1. The van der Waals surface area contributed by atoms with E-state index >= 15 is 0 Å². The second-order valence-electron chi connectivity index (χ2n) is 23.3. The normalized spacial score (nSPS) is 13.7. The number of hydrogen-bond acceptors (Lipinski definition) is 15. The first-order chi connectivity index (χ1) is 33.4. The summed E-state index contributed by atoms with van der Waals surface area (Å²) < 4.78 is 39.6. The molecule has 0 bridgehead atoms. The van der Waals surface area contributed by atoms with E-state index < -0.39 is 70.2 Å². The van der Waals surface area contributed by atoms with Crippen LogP contribution >= 0.6 is 0 Å². The van der Waals surface area contributed by atoms with Gasteiger partial charge in [-0.15, -0.1) is 4.99 Å². The molecule has 21 nitrogen and oxygen atoms in total. The molecule has 1 aromatic rings. The average molecular weight is 1030 g/mol. The van der Waals surface area contributed by atoms with E-state index in [0.29, 0.717) is 57.5 Å². The molecule has 412 valence electrons. The lowest BCUT2D eigenvalue weighted by atomic mass is 10.1. The van der Waals surface area contributed by atoms with Crippen molar-refractivity contribution in [3.8, 4) is 0 Å². The standard InChI is InChI=1S/C52H86N8O13/c1-47(2,3)68-41(61)55-39(56-42(62)69-48(4,5)6)54-29-22-20-19-21-23-31-59(45(65)72-51(13,14)15)40(57-43(63)70-49(7,8)9)60(46(66)73-52(16,17)18)33-34-67-35-36-25-27-37(28-26-36)38-53-30-24-32-58(38)44(64)71-50(10,11)12/h25-28H,19-24,29-35H2,1-18H3,(H2,54,55,56,61,62). The van der Waals surface area contributed by atoms with Crippen molar-refractivity contribution in [3.63, 3.8) is 0 Å². The highest BCUT2D eigenvalue weighted by atomic mass is 16.6. The smallest absolute Gasteiger partial charge is 0.437 e. The van der Waals surface area contributed by atoms with E-state index in [4.69, 9.17) is 33.2 Å². The SMILES string of the molecule is CC(C)(C)OC(=O)N=C(N(CCCCCCCN=C(NC(=O)OC(C)(C)C)NC(=O)OC(C)(C)C)C(=O)OC(C)(C)C)N(CCOCc1ccc(C2=NCCCN2C(=O)OC(C)(C)C)cc1)C(=O)OC(C)(C)C. The van der Waals surface area contributed by atoms with Gasteiger partial charge in [0.25, 0.3) is 0 Å². The number of nitrogens with zero attached hydrogens (tertiary/aromatic N) is 6. The molecular formula is C52H86N8O13. The van der Waals surface area contributed by atoms with Crippen LogP contribution in [-0.4, -0.2) is 142 Å². The molecule has 2 rings (SSSR count). The van der Waals surface area contributed by atoms with Crippen molar-refractivity contribution in [2.75, 3.05) is 39.3 Å². The third-order valence-electron chi connectivity index (χ3n) is 8.95. The molecule has 21 heteroatoms. The molecular weight excluding hydrogens is 945 g/mol. The van der Waals surface area contributed by atoms with Crippen LogP contribution in [0.4, 0.5) is 28.8 Å². The summed E-state index contributed by atoms with van der Waals surface area (Å²) >= 11 is 0. The Morgan fingerprint density at radius 3 is 1.55 bits per heavy atom. The minimum Gasteiger partial charge on any atom is -0.444 e. The molecule has 0 atom stereocenters. The maximum atomic E-state index is 14.2. The van der Waals surface area contributed by atoms with Gasteiger partial charge in [-0.1, -0.05) is 43.5 Å². The largest absolute Gasteiger partial charge is 0.444 e. The summed E-state index contributed by atoms with van der Waals surface area (Å²) in [7, 11) is 0. The molecule has 1 aliphatic heterocycles. The second-order valence-corrected chi connectivity index (χ2v) is 23.3. The summed E-state index contributed by atoms with van der Waals surface area (Å²) in [5.41, 5.74) is -3.67. The zero-order valence-electron chi connectivity index (χ0n) is 47.0. The van der Waals surface area contributed by atoms with Gasteiger partial charge in [-0.3, -0.25) is 25.5 Å². The van der Waals surface area contributed by atoms with Gasteiger partial charge in [0, 0.05) is 31.7 Å². The Bertz CT molecular complexity index is 2070. The number of benzene rings is 1. The predicted molar refractivity (Wildman–Crippen MR) is 279 cm³/mol. The fourth-order valence-electron chi connectivity index (χ4n) is 6.27. The van der Waals surface area contributed by atoms with E-state index in [0.717, 1.165) is 20.9 Å². The summed E-state index contributed by atoms with van der Waals surface area (Å²) in [4.78, 5) is 96.9. The van der Waals surface area contributed by atoms with E-state index in [-0.39, 0.29) is 44.8 Å². The highest BCUT2D eigenvalue weighted by Crippen LogP contribution is 2.21. The number of ether oxygens (including phenoxy) is 7. The quantitative estimate of drug-likeness (QED) is 0.0764. The summed E-state index contributed by atoms with van der Waals surface area (Å²) in [6.45, 7) is 31.9. The molecule has 0 aliphatic carbocycles. The average Bonchev–Trinajstić information content (AvgIpc) is 3.18. The lowest BCUT2D eigenvalue weighted by molar-refractivity contribution is 0.0222. The Morgan fingerprint density at radius 2 is 1.05 bits per heavy atom. The van der Waals surface area contributed by atoms with Crippen molar-refractivity contribution >= 4 is 54.3 Å². The molecule has 6 amide bonds. The monoisotopic (exact) mass is 1030 g/mol. The van der Waals surface area contributed by atoms with E-state index in [1.54, 1.807) is 109 Å². The molecule has 1 heterocycles. The molecule has 0 saturated carbocycles. The minimum absolute atomic E-state index is 0.0262. The first-order valence-corrected chi connectivity index (χ1v) is 25.0. The molecule has 0 saturated heterocycles. The molecule has 0 unspecified atom stereocenters. The Hall–Kier alpha value is -5.99. The third-order valence-corrected chi connectivity index (χ3v) is 8.95. The number of amidine groups is 1. The third kappa shape index (κ3) is 27.6. The molecule has 1 aromatic carbocycles. The second kappa shape index (κ2) is 27.3. The first-order valence-electron chi connectivity index (χ1n) is 25.0. The van der Waals surface area contributed by atoms with E-state index in [1.165, 1.54) is 0 Å². The van der Waals surface area contributed by atoms with Crippen LogP contribution in [0.25, 0.3) is 0 Å². The lowest BCUT2D eigenvalue weighted by Crippen LogP contribution is -2.53. The number of amides is 6. The molecule has 0 fully saturated rings. The van der Waals surface area contributed by atoms with Crippen LogP contribution in [0.1, 0.15) is 174 Å². The van der Waals surface area contributed by atoms with Gasteiger partial charge in [0.1, 0.15) is 39.4 Å². The van der Waals surface area contributed by atoms with Crippen molar-refractivity contribution < 1.29 is 61.9 Å². The fourth-order valence-corrected chi connectivity index (χ4v) is 6.27. The summed E-state index contributed by atoms with van der Waals surface area (Å²) in [5.74, 6) is 0.0285. The van der Waals surface area contributed by atoms with Crippen LogP contribution in [0.5, 0.6) is 0 Å². The number of guanidine groups is 2. The molecule has 1 aliphatic rings. The summed E-state index contributed by atoms with van der Waals surface area (Å²) in [5, 5.41) is 4.94. The van der Waals surface area contributed by atoms with Crippen LogP contribution in [-0.2, 0) is 39.8 Å². The zero-order chi connectivity index (χ0) is 55.6. The van der Waals surface area contributed by atoms with Gasteiger partial charge in [-0.2, -0.15) is 0 Å². The van der Waals surface area contributed by atoms with Crippen LogP contribution < -0.4 is 10.6 Å². The lowest BCUT2D eigenvalue weighted by Gasteiger charge is -2.34. The molecule has 2 N–H and O–H groups in total. The number of nitrogens with one attached hydrogen (secondary N) is 2. The number of hydrogen-bond donors (Lipinski definition) is 2. The van der Waals surface area contributed by atoms with Crippen LogP contribution in [0.15, 0.2) is 39.2 Å². The number of carbonyl (C=O) groups is 6. The summed E-state index contributed by atoms with van der Waals surface area (Å²) in [6, 6.07) is 7.40. The van der Waals surface area contributed by atoms with Crippen molar-refractivity contribution in [1.29, 1.82) is 0 Å². The topological polar surface area (TPSA) is 238 Å². The van der Waals surface area contributed by atoms with Crippen LogP contribution in [0.3, 0.4) is 0 Å². The predicted octanol–water partition coefficient (Wildman–Crippen LogP) is 10.7. The van der Waals surface area contributed by atoms with Gasteiger partial charge in [0.15, 0.2) is 0 Å². The molecule has 0 radical (unpaired) electrons. The molecule has 0 aromatic heterocycles. The Labute approximate surface area is 433 Å². The van der Waals surface area contributed by atoms with Crippen molar-refractivity contribution in [3.05, 3.63) is 35.4 Å².